The average Bonchev–Trinajstić information content (AvgIpc) is 3.61. The molecule has 2 aliphatic rings. The van der Waals surface area contributed by atoms with Gasteiger partial charge in [0, 0.05) is 133 Å². The Hall–Kier alpha value is -6.88. The van der Waals surface area contributed by atoms with E-state index in [-0.39, 0.29) is 55.9 Å². The number of halogens is 4. The highest BCUT2D eigenvalue weighted by molar-refractivity contribution is 6.42. The molecule has 0 spiro atoms. The Kier molecular flexibility index (Phi) is 23.2. The van der Waals surface area contributed by atoms with Crippen molar-refractivity contribution >= 4 is 92.1 Å². The van der Waals surface area contributed by atoms with Gasteiger partial charge in [0.1, 0.15) is 34.3 Å². The predicted molar refractivity (Wildman–Crippen MR) is 310 cm³/mol. The van der Waals surface area contributed by atoms with Crippen molar-refractivity contribution in [2.75, 3.05) is 119 Å². The number of methoxy groups -OCH3 is 4. The Morgan fingerprint density at radius 3 is 1.32 bits per heavy atom. The van der Waals surface area contributed by atoms with Gasteiger partial charge < -0.3 is 44.7 Å². The molecule has 20 nitrogen and oxygen atoms in total. The molecule has 6 heterocycles. The van der Waals surface area contributed by atoms with Crippen molar-refractivity contribution in [1.29, 1.82) is 0 Å². The van der Waals surface area contributed by atoms with Crippen LogP contribution in [0.4, 0.5) is 11.9 Å². The number of ether oxygens (including phenoxy) is 4. The molecular formula is C54H64Cl4N12O8. The largest absolute Gasteiger partial charge is 0.495 e. The molecule has 78 heavy (non-hydrogen) atoms. The van der Waals surface area contributed by atoms with Crippen LogP contribution in [0, 0.1) is 24.7 Å². The van der Waals surface area contributed by atoms with Gasteiger partial charge in [-0.3, -0.25) is 33.2 Å². The SMILES string of the molecule is C.C#CC(=O)N1CCN(CCCn2c(=O)c(-c3c(Cl)c(OC)cc(OC)c3Cl)cc3cnc(NC)nc32)CC1.C#CC(C)=O.CNc1ncc2cc(-c3c(Cl)c(OC)cc(OC)c3Cl)c(=O)n(CCCN3CCNCC3)c2n1. The van der Waals surface area contributed by atoms with Gasteiger partial charge in [-0.1, -0.05) is 53.8 Å². The van der Waals surface area contributed by atoms with E-state index in [4.69, 9.17) is 71.8 Å². The Morgan fingerprint density at radius 2 is 0.987 bits per heavy atom. The van der Waals surface area contributed by atoms with Crippen molar-refractivity contribution in [1.82, 2.24) is 49.1 Å². The molecule has 4 aromatic heterocycles. The summed E-state index contributed by atoms with van der Waals surface area (Å²) in [6.07, 6.45) is 14.6. The maximum atomic E-state index is 13.9. The van der Waals surface area contributed by atoms with Crippen LogP contribution in [0.15, 0.2) is 46.2 Å². The summed E-state index contributed by atoms with van der Waals surface area (Å²) in [6.45, 7) is 10.4. The minimum atomic E-state index is -0.304. The number of carbonyl (C=O) groups is 2. The van der Waals surface area contributed by atoms with Crippen molar-refractivity contribution in [3.63, 3.8) is 0 Å². The van der Waals surface area contributed by atoms with Gasteiger partial charge in [0.05, 0.1) is 59.7 Å². The van der Waals surface area contributed by atoms with Crippen LogP contribution in [0.2, 0.25) is 20.1 Å². The molecule has 8 rings (SSSR count). The molecule has 24 heteroatoms. The topological polar surface area (TPSA) is 212 Å². The molecule has 2 saturated heterocycles. The fourth-order valence-electron chi connectivity index (χ4n) is 8.68. The molecular weight excluding hydrogens is 1090 g/mol. The first-order chi connectivity index (χ1) is 37.1. The van der Waals surface area contributed by atoms with E-state index in [1.54, 1.807) is 64.8 Å². The highest BCUT2D eigenvalue weighted by Crippen LogP contribution is 2.47. The van der Waals surface area contributed by atoms with Crippen LogP contribution in [0.1, 0.15) is 27.2 Å². The predicted octanol–water partition coefficient (Wildman–Crippen LogP) is 6.96. The average molecular weight is 1150 g/mol. The maximum Gasteiger partial charge on any atom is 0.298 e. The van der Waals surface area contributed by atoms with E-state index in [1.807, 2.05) is 5.92 Å². The van der Waals surface area contributed by atoms with Crippen molar-refractivity contribution in [2.45, 2.75) is 40.3 Å². The first-order valence-electron chi connectivity index (χ1n) is 24.3. The zero-order valence-corrected chi connectivity index (χ0v) is 46.8. The van der Waals surface area contributed by atoms with Crippen LogP contribution in [-0.4, -0.2) is 163 Å². The molecule has 416 valence electrons. The number of carbonyl (C=O) groups excluding carboxylic acids is 2. The molecule has 0 saturated carbocycles. The Bertz CT molecular complexity index is 3270. The van der Waals surface area contributed by atoms with E-state index in [9.17, 15) is 19.2 Å². The molecule has 6 aromatic rings. The van der Waals surface area contributed by atoms with Crippen LogP contribution in [0.5, 0.6) is 23.0 Å². The zero-order chi connectivity index (χ0) is 55.9. The van der Waals surface area contributed by atoms with Gasteiger partial charge in [-0.25, -0.2) is 9.97 Å². The smallest absolute Gasteiger partial charge is 0.298 e. The van der Waals surface area contributed by atoms with Crippen LogP contribution in [-0.2, 0) is 22.7 Å². The Morgan fingerprint density at radius 1 is 0.615 bits per heavy atom. The van der Waals surface area contributed by atoms with Gasteiger partial charge in [0.2, 0.25) is 17.7 Å². The minimum absolute atomic E-state index is 0. The standard InChI is InChI=1S/C26H28Cl2N6O4.C23H28Cl2N6O3.C4H4O.CH4/c1-5-20(35)33-11-9-32(10-12-33)7-6-8-34-24-16(15-30-26(29-2)31-24)13-17(25(34)36)21-22(27)18(37-3)14-19(38-4)23(21)28;1-26-23-28-13-14-11-15(18-19(24)16(33-2)12-17(34-3)20(18)25)22(32)31(21(14)29-23)8-4-7-30-9-5-27-6-10-30;1-3-4(2)5;/h1,13-15H,6-12H2,2-4H3,(H,29,30,31);11-13,27H,4-10H2,1-3H3,(H,26,28,29);1H,2H3;1H4. The number of fused-ring (bicyclic) bond motifs is 2. The van der Waals surface area contributed by atoms with Crippen molar-refractivity contribution in [3.8, 4) is 69.9 Å². The lowest BCUT2D eigenvalue weighted by atomic mass is 10.0. The van der Waals surface area contributed by atoms with E-state index < -0.39 is 0 Å². The number of ketones is 1. The number of benzene rings is 2. The summed E-state index contributed by atoms with van der Waals surface area (Å²) in [5, 5.41) is 11.4. The van der Waals surface area contributed by atoms with Gasteiger partial charge in [0.15, 0.2) is 0 Å². The molecule has 2 aromatic carbocycles. The third-order valence-corrected chi connectivity index (χ3v) is 14.2. The van der Waals surface area contributed by atoms with Gasteiger partial charge in [-0.15, -0.1) is 12.8 Å². The molecule has 0 bridgehead atoms. The number of nitrogens with one attached hydrogen (secondary N) is 3. The fourth-order valence-corrected chi connectivity index (χ4v) is 10.1. The number of amides is 1. The fraction of sp³-hybridized carbons (Fsp3) is 0.407. The number of aryl methyl sites for hydroxylation is 2. The Balaban J connectivity index is 0.000000262. The first kappa shape index (κ1) is 62.0. The van der Waals surface area contributed by atoms with Gasteiger partial charge >= 0.3 is 0 Å². The number of Topliss-reactive ketones (excluding diaryl/α,β-unsaturated/α-hetero) is 1. The lowest BCUT2D eigenvalue weighted by Crippen LogP contribution is -2.48. The molecule has 0 atom stereocenters. The molecule has 0 unspecified atom stereocenters. The summed E-state index contributed by atoms with van der Waals surface area (Å²) in [6, 6.07) is 6.58. The number of pyridine rings is 2. The number of terminal acetylenes is 2. The second-order valence-electron chi connectivity index (χ2n) is 17.3. The minimum Gasteiger partial charge on any atom is -0.495 e. The maximum absolute atomic E-state index is 13.9. The molecule has 0 aliphatic carbocycles. The summed E-state index contributed by atoms with van der Waals surface area (Å²) in [5.41, 5.74) is 1.79. The summed E-state index contributed by atoms with van der Waals surface area (Å²) in [7, 11) is 9.41. The van der Waals surface area contributed by atoms with Gasteiger partial charge in [-0.05, 0) is 49.9 Å². The lowest BCUT2D eigenvalue weighted by Gasteiger charge is -2.33. The second kappa shape index (κ2) is 29.2. The first-order valence-corrected chi connectivity index (χ1v) is 25.8. The molecule has 0 radical (unpaired) electrons. The molecule has 3 N–H and O–H groups in total. The van der Waals surface area contributed by atoms with Gasteiger partial charge in [0.25, 0.3) is 17.0 Å². The van der Waals surface area contributed by atoms with Crippen molar-refractivity contribution in [3.05, 3.63) is 77.5 Å². The van der Waals surface area contributed by atoms with Crippen LogP contribution < -0.4 is 46.0 Å². The highest BCUT2D eigenvalue weighted by atomic mass is 35.5. The monoisotopic (exact) mass is 1150 g/mol. The second-order valence-corrected chi connectivity index (χ2v) is 18.8. The van der Waals surface area contributed by atoms with Crippen LogP contribution in [0.3, 0.4) is 0 Å². The number of hydrogen-bond acceptors (Lipinski definition) is 17. The zero-order valence-electron chi connectivity index (χ0n) is 43.8. The van der Waals surface area contributed by atoms with E-state index >= 15 is 0 Å². The van der Waals surface area contributed by atoms with E-state index in [0.29, 0.717) is 119 Å². The number of aromatic nitrogens is 6. The van der Waals surface area contributed by atoms with E-state index in [1.165, 1.54) is 35.4 Å². The third-order valence-electron chi connectivity index (χ3n) is 12.7. The van der Waals surface area contributed by atoms with E-state index in [0.717, 1.165) is 45.7 Å². The number of hydrogen-bond donors (Lipinski definition) is 3. The lowest BCUT2D eigenvalue weighted by molar-refractivity contribution is -0.126. The summed E-state index contributed by atoms with van der Waals surface area (Å²) in [5.74, 6) is 5.78. The number of nitrogens with zero attached hydrogens (tertiary/aromatic N) is 9. The van der Waals surface area contributed by atoms with Crippen molar-refractivity contribution < 1.29 is 28.5 Å². The number of piperazine rings is 2. The summed E-state index contributed by atoms with van der Waals surface area (Å²) >= 11 is 26.6. The molecule has 2 fully saturated rings. The highest BCUT2D eigenvalue weighted by Gasteiger charge is 2.26. The summed E-state index contributed by atoms with van der Waals surface area (Å²) in [4.78, 5) is 73.2. The summed E-state index contributed by atoms with van der Waals surface area (Å²) < 4.78 is 24.9. The quantitative estimate of drug-likeness (QED) is 0.0661. The van der Waals surface area contributed by atoms with Crippen molar-refractivity contribution in [2.24, 2.45) is 0 Å². The third kappa shape index (κ3) is 14.4. The normalized spacial score (nSPS) is 13.4. The molecule has 1 amide bonds. The number of rotatable bonds is 16. The molecule has 2 aliphatic heterocycles. The van der Waals surface area contributed by atoms with Crippen LogP contribution in [0.25, 0.3) is 44.3 Å². The van der Waals surface area contributed by atoms with Crippen LogP contribution >= 0.6 is 46.4 Å². The van der Waals surface area contributed by atoms with E-state index in [2.05, 4.69) is 58.0 Å². The van der Waals surface area contributed by atoms with Gasteiger partial charge in [-0.2, -0.15) is 9.97 Å². The Labute approximate surface area is 473 Å². The number of anilines is 2.